The predicted octanol–water partition coefficient (Wildman–Crippen LogP) is 2.25. The van der Waals surface area contributed by atoms with Crippen molar-refractivity contribution in [2.75, 3.05) is 7.05 Å². The summed E-state index contributed by atoms with van der Waals surface area (Å²) in [6, 6.07) is 8.97. The normalized spacial score (nSPS) is 19.8. The molecule has 1 aromatic rings. The fourth-order valence-corrected chi connectivity index (χ4v) is 2.19. The second kappa shape index (κ2) is 4.64. The number of amides is 2. The molecule has 0 fully saturated rings. The van der Waals surface area contributed by atoms with Gasteiger partial charge in [0.25, 0.3) is 0 Å². The zero-order valence-corrected chi connectivity index (χ0v) is 10.7. The number of ketones is 1. The van der Waals surface area contributed by atoms with Crippen LogP contribution < -0.4 is 5.32 Å². The molecule has 0 aromatic heterocycles. The maximum atomic E-state index is 11.8. The van der Waals surface area contributed by atoms with Crippen LogP contribution in [0.25, 0.3) is 0 Å². The Morgan fingerprint density at radius 3 is 2.44 bits per heavy atom. The smallest absolute Gasteiger partial charge is 0.322 e. The Balaban J connectivity index is 2.53. The van der Waals surface area contributed by atoms with Crippen LogP contribution in [0.2, 0.25) is 0 Å². The van der Waals surface area contributed by atoms with Gasteiger partial charge < -0.3 is 10.2 Å². The Bertz CT molecular complexity index is 520. The van der Waals surface area contributed by atoms with Crippen molar-refractivity contribution >= 4 is 11.8 Å². The third-order valence-electron chi connectivity index (χ3n) is 3.27. The number of rotatable bonds is 2. The molecule has 0 aliphatic carbocycles. The minimum atomic E-state index is -0.354. The number of nitrogens with one attached hydrogen (secondary N) is 1. The number of benzene rings is 1. The Morgan fingerprint density at radius 1 is 1.28 bits per heavy atom. The highest BCUT2D eigenvalue weighted by atomic mass is 16.2. The summed E-state index contributed by atoms with van der Waals surface area (Å²) >= 11 is 0. The maximum Gasteiger partial charge on any atom is 0.322 e. The summed E-state index contributed by atoms with van der Waals surface area (Å²) in [6.07, 6.45) is 0. The quantitative estimate of drug-likeness (QED) is 0.867. The van der Waals surface area contributed by atoms with E-state index in [4.69, 9.17) is 0 Å². The molecule has 0 spiro atoms. The minimum Gasteiger partial charge on any atom is -0.327 e. The summed E-state index contributed by atoms with van der Waals surface area (Å²) in [4.78, 5) is 25.1. The van der Waals surface area contributed by atoms with Crippen molar-refractivity contribution in [2.24, 2.45) is 0 Å². The molecule has 1 unspecified atom stereocenters. The van der Waals surface area contributed by atoms with Gasteiger partial charge in [-0.15, -0.1) is 0 Å². The largest absolute Gasteiger partial charge is 0.327 e. The lowest BCUT2D eigenvalue weighted by atomic mass is 9.93. The average molecular weight is 244 g/mol. The van der Waals surface area contributed by atoms with Crippen LogP contribution >= 0.6 is 0 Å². The van der Waals surface area contributed by atoms with Gasteiger partial charge in [-0.05, 0) is 19.4 Å². The van der Waals surface area contributed by atoms with E-state index < -0.39 is 0 Å². The fraction of sp³-hybridized carbons (Fsp3) is 0.286. The van der Waals surface area contributed by atoms with Crippen molar-refractivity contribution in [3.8, 4) is 0 Å². The summed E-state index contributed by atoms with van der Waals surface area (Å²) in [5.74, 6) is -0.0202. The fourth-order valence-electron chi connectivity index (χ4n) is 2.19. The third-order valence-corrected chi connectivity index (χ3v) is 3.27. The third kappa shape index (κ3) is 2.01. The lowest BCUT2D eigenvalue weighted by molar-refractivity contribution is -0.114. The molecular formula is C14H16N2O2. The van der Waals surface area contributed by atoms with E-state index in [1.54, 1.807) is 14.0 Å². The SMILES string of the molecule is CC(=O)C1=C(C)N(C)C(=O)NC1c1ccccc1. The van der Waals surface area contributed by atoms with Gasteiger partial charge in [-0.3, -0.25) is 4.79 Å². The predicted molar refractivity (Wildman–Crippen MR) is 68.9 cm³/mol. The van der Waals surface area contributed by atoms with E-state index in [1.165, 1.54) is 11.8 Å². The molecule has 2 rings (SSSR count). The first-order valence-corrected chi connectivity index (χ1v) is 5.83. The Labute approximate surface area is 106 Å². The summed E-state index contributed by atoms with van der Waals surface area (Å²) in [5.41, 5.74) is 2.27. The molecule has 0 saturated heterocycles. The Hall–Kier alpha value is -2.10. The molecule has 0 saturated carbocycles. The van der Waals surface area contributed by atoms with E-state index >= 15 is 0 Å². The molecule has 18 heavy (non-hydrogen) atoms. The van der Waals surface area contributed by atoms with E-state index in [0.717, 1.165) is 5.56 Å². The second-order valence-electron chi connectivity index (χ2n) is 4.41. The maximum absolute atomic E-state index is 11.8. The van der Waals surface area contributed by atoms with Gasteiger partial charge in [0.05, 0.1) is 6.04 Å². The van der Waals surface area contributed by atoms with Crippen molar-refractivity contribution in [3.63, 3.8) is 0 Å². The molecule has 4 nitrogen and oxygen atoms in total. The molecule has 4 heteroatoms. The first-order valence-electron chi connectivity index (χ1n) is 5.83. The lowest BCUT2D eigenvalue weighted by Gasteiger charge is -2.33. The molecule has 1 aliphatic heterocycles. The number of hydrogen-bond acceptors (Lipinski definition) is 2. The van der Waals surface area contributed by atoms with Crippen LogP contribution in [0.1, 0.15) is 25.5 Å². The molecule has 1 aliphatic rings. The lowest BCUT2D eigenvalue weighted by Crippen LogP contribution is -2.45. The highest BCUT2D eigenvalue weighted by molar-refractivity contribution is 5.98. The topological polar surface area (TPSA) is 49.4 Å². The second-order valence-corrected chi connectivity index (χ2v) is 4.41. The first kappa shape index (κ1) is 12.4. The van der Waals surface area contributed by atoms with E-state index in [2.05, 4.69) is 5.32 Å². The van der Waals surface area contributed by atoms with E-state index in [0.29, 0.717) is 11.3 Å². The van der Waals surface area contributed by atoms with Gasteiger partial charge in [0, 0.05) is 18.3 Å². The summed E-state index contributed by atoms with van der Waals surface area (Å²) in [7, 11) is 1.66. The molecule has 94 valence electrons. The Kier molecular flexibility index (Phi) is 3.19. The van der Waals surface area contributed by atoms with Gasteiger partial charge in [0.15, 0.2) is 5.78 Å². The molecule has 0 radical (unpaired) electrons. The van der Waals surface area contributed by atoms with Crippen LogP contribution in [-0.4, -0.2) is 23.8 Å². The number of Topliss-reactive ketones (excluding diaryl/α,β-unsaturated/α-hetero) is 1. The van der Waals surface area contributed by atoms with Gasteiger partial charge in [-0.25, -0.2) is 4.79 Å². The zero-order valence-electron chi connectivity index (χ0n) is 10.7. The van der Waals surface area contributed by atoms with Crippen molar-refractivity contribution in [1.82, 2.24) is 10.2 Å². The van der Waals surface area contributed by atoms with Gasteiger partial charge in [0.1, 0.15) is 0 Å². The molecule has 1 heterocycles. The average Bonchev–Trinajstić information content (AvgIpc) is 2.36. The Morgan fingerprint density at radius 2 is 1.89 bits per heavy atom. The van der Waals surface area contributed by atoms with Crippen molar-refractivity contribution in [2.45, 2.75) is 19.9 Å². The van der Waals surface area contributed by atoms with Crippen LogP contribution in [0, 0.1) is 0 Å². The molecule has 2 amide bonds. The standard InChI is InChI=1S/C14H16N2O2/c1-9-12(10(2)17)13(15-14(18)16(9)3)11-7-5-4-6-8-11/h4-8,13H,1-3H3,(H,15,18). The van der Waals surface area contributed by atoms with E-state index in [-0.39, 0.29) is 17.9 Å². The number of carbonyl (C=O) groups is 2. The highest BCUT2D eigenvalue weighted by Crippen LogP contribution is 2.29. The molecular weight excluding hydrogens is 228 g/mol. The molecule has 1 atom stereocenters. The van der Waals surface area contributed by atoms with Gasteiger partial charge in [-0.1, -0.05) is 30.3 Å². The van der Waals surface area contributed by atoms with Gasteiger partial charge >= 0.3 is 6.03 Å². The number of carbonyl (C=O) groups excluding carboxylic acids is 2. The van der Waals surface area contributed by atoms with Crippen LogP contribution in [-0.2, 0) is 4.79 Å². The first-order chi connectivity index (χ1) is 8.52. The summed E-state index contributed by atoms with van der Waals surface area (Å²) in [5, 5.41) is 2.85. The van der Waals surface area contributed by atoms with Crippen LogP contribution in [0.5, 0.6) is 0 Å². The number of urea groups is 1. The van der Waals surface area contributed by atoms with Gasteiger partial charge in [0.2, 0.25) is 0 Å². The summed E-state index contributed by atoms with van der Waals surface area (Å²) in [6.45, 7) is 3.32. The number of allylic oxidation sites excluding steroid dienone is 1. The van der Waals surface area contributed by atoms with E-state index in [9.17, 15) is 9.59 Å². The van der Waals surface area contributed by atoms with Crippen molar-refractivity contribution < 1.29 is 9.59 Å². The number of nitrogens with zero attached hydrogens (tertiary/aromatic N) is 1. The molecule has 1 aromatic carbocycles. The van der Waals surface area contributed by atoms with Crippen molar-refractivity contribution in [3.05, 3.63) is 47.2 Å². The number of hydrogen-bond donors (Lipinski definition) is 1. The van der Waals surface area contributed by atoms with Crippen LogP contribution in [0.3, 0.4) is 0 Å². The van der Waals surface area contributed by atoms with E-state index in [1.807, 2.05) is 30.3 Å². The molecule has 0 bridgehead atoms. The van der Waals surface area contributed by atoms with Gasteiger partial charge in [-0.2, -0.15) is 0 Å². The van der Waals surface area contributed by atoms with Crippen LogP contribution in [0.4, 0.5) is 4.79 Å². The minimum absolute atomic E-state index is 0.0202. The van der Waals surface area contributed by atoms with Crippen LogP contribution in [0.15, 0.2) is 41.6 Å². The highest BCUT2D eigenvalue weighted by Gasteiger charge is 2.31. The monoisotopic (exact) mass is 244 g/mol. The van der Waals surface area contributed by atoms with Crippen molar-refractivity contribution in [1.29, 1.82) is 0 Å². The zero-order chi connectivity index (χ0) is 13.3. The molecule has 1 N–H and O–H groups in total. The summed E-state index contributed by atoms with van der Waals surface area (Å²) < 4.78 is 0.